The van der Waals surface area contributed by atoms with Crippen LogP contribution in [0.1, 0.15) is 22.8 Å². The largest absolute Gasteiger partial charge is 0.383 e. The minimum absolute atomic E-state index is 0.277. The van der Waals surface area contributed by atoms with E-state index in [2.05, 4.69) is 15.9 Å². The molecule has 0 amide bonds. The molecule has 2 aromatic carbocycles. The summed E-state index contributed by atoms with van der Waals surface area (Å²) in [6.45, 7) is 1.51. The summed E-state index contributed by atoms with van der Waals surface area (Å²) < 4.78 is 28.3. The van der Waals surface area contributed by atoms with E-state index in [0.717, 1.165) is 6.07 Å². The molecule has 0 spiro atoms. The number of rotatable bonds is 2. The number of aliphatic hydroxyl groups is 1. The van der Waals surface area contributed by atoms with Crippen molar-refractivity contribution in [3.05, 3.63) is 68.2 Å². The first-order valence-corrected chi connectivity index (χ1v) is 6.66. The first-order valence-electron chi connectivity index (χ1n) is 5.49. The Morgan fingerprint density at radius 2 is 1.89 bits per heavy atom. The summed E-state index contributed by atoms with van der Waals surface area (Å²) in [5.74, 6) is -1.53. The SMILES string of the molecule is Cc1ccc(F)c(C(O)c2ccc(Br)c(Cl)c2)c1F. The molecule has 1 N–H and O–H groups in total. The molecule has 0 fully saturated rings. The Labute approximate surface area is 123 Å². The molecule has 2 rings (SSSR count). The minimum atomic E-state index is -1.40. The fourth-order valence-electron chi connectivity index (χ4n) is 1.78. The van der Waals surface area contributed by atoms with Gasteiger partial charge in [-0.1, -0.05) is 23.7 Å². The zero-order valence-corrected chi connectivity index (χ0v) is 12.3. The highest BCUT2D eigenvalue weighted by atomic mass is 79.9. The molecule has 0 aromatic heterocycles. The third-order valence-corrected chi connectivity index (χ3v) is 4.08. The number of benzene rings is 2. The maximum atomic E-state index is 13.9. The van der Waals surface area contributed by atoms with Crippen LogP contribution in [0.15, 0.2) is 34.8 Å². The fourth-order valence-corrected chi connectivity index (χ4v) is 2.21. The summed E-state index contributed by atoms with van der Waals surface area (Å²) in [6.07, 6.45) is -1.40. The average Bonchev–Trinajstić information content (AvgIpc) is 2.37. The standard InChI is InChI=1S/C14H10BrClF2O/c1-7-2-5-11(17)12(13(7)18)14(19)8-3-4-9(15)10(16)6-8/h2-6,14,19H,1H3. The molecule has 0 bridgehead atoms. The monoisotopic (exact) mass is 346 g/mol. The number of hydrogen-bond acceptors (Lipinski definition) is 1. The second kappa shape index (κ2) is 5.57. The molecule has 0 radical (unpaired) electrons. The van der Waals surface area contributed by atoms with Gasteiger partial charge in [0.2, 0.25) is 0 Å². The van der Waals surface area contributed by atoms with Crippen molar-refractivity contribution in [2.75, 3.05) is 0 Å². The Balaban J connectivity index is 2.52. The maximum Gasteiger partial charge on any atom is 0.135 e. The molecule has 0 heterocycles. The van der Waals surface area contributed by atoms with Crippen molar-refractivity contribution in [1.29, 1.82) is 0 Å². The van der Waals surface area contributed by atoms with Crippen molar-refractivity contribution < 1.29 is 13.9 Å². The molecule has 5 heteroatoms. The third-order valence-electron chi connectivity index (χ3n) is 2.85. The average molecular weight is 348 g/mol. The zero-order chi connectivity index (χ0) is 14.2. The predicted octanol–water partition coefficient (Wildman–Crippen LogP) is 4.77. The van der Waals surface area contributed by atoms with Gasteiger partial charge in [-0.3, -0.25) is 0 Å². The summed E-state index contributed by atoms with van der Waals surface area (Å²) in [7, 11) is 0. The van der Waals surface area contributed by atoms with Crippen molar-refractivity contribution in [3.8, 4) is 0 Å². The highest BCUT2D eigenvalue weighted by Gasteiger charge is 2.21. The van der Waals surface area contributed by atoms with Crippen LogP contribution in [0.25, 0.3) is 0 Å². The Kier molecular flexibility index (Phi) is 4.23. The van der Waals surface area contributed by atoms with Crippen LogP contribution in [0.5, 0.6) is 0 Å². The Bertz CT molecular complexity index is 631. The summed E-state index contributed by atoms with van der Waals surface area (Å²) in [6, 6.07) is 7.11. The van der Waals surface area contributed by atoms with E-state index in [9.17, 15) is 13.9 Å². The van der Waals surface area contributed by atoms with E-state index in [1.165, 1.54) is 19.1 Å². The molecule has 0 aliphatic carbocycles. The molecule has 2 aromatic rings. The minimum Gasteiger partial charge on any atom is -0.383 e. The number of halogens is 4. The molecule has 100 valence electrons. The maximum absolute atomic E-state index is 13.9. The summed E-state index contributed by atoms with van der Waals surface area (Å²) in [4.78, 5) is 0. The van der Waals surface area contributed by atoms with Crippen LogP contribution in [-0.4, -0.2) is 5.11 Å². The highest BCUT2D eigenvalue weighted by molar-refractivity contribution is 9.10. The van der Waals surface area contributed by atoms with E-state index in [4.69, 9.17) is 11.6 Å². The van der Waals surface area contributed by atoms with Gasteiger partial charge in [-0.25, -0.2) is 8.78 Å². The second-order valence-electron chi connectivity index (χ2n) is 4.17. The van der Waals surface area contributed by atoms with Gasteiger partial charge in [0.05, 0.1) is 10.6 Å². The molecule has 0 aliphatic rings. The van der Waals surface area contributed by atoms with Crippen molar-refractivity contribution in [3.63, 3.8) is 0 Å². The van der Waals surface area contributed by atoms with Crippen LogP contribution in [-0.2, 0) is 0 Å². The van der Waals surface area contributed by atoms with E-state index in [1.807, 2.05) is 0 Å². The van der Waals surface area contributed by atoms with E-state index < -0.39 is 17.7 Å². The van der Waals surface area contributed by atoms with E-state index in [1.54, 1.807) is 12.1 Å². The van der Waals surface area contributed by atoms with Gasteiger partial charge in [0.15, 0.2) is 0 Å². The molecule has 0 aliphatic heterocycles. The molecule has 1 atom stereocenters. The lowest BCUT2D eigenvalue weighted by atomic mass is 9.98. The van der Waals surface area contributed by atoms with Crippen molar-refractivity contribution in [2.45, 2.75) is 13.0 Å². The van der Waals surface area contributed by atoms with Crippen molar-refractivity contribution in [2.24, 2.45) is 0 Å². The smallest absolute Gasteiger partial charge is 0.135 e. The fraction of sp³-hybridized carbons (Fsp3) is 0.143. The van der Waals surface area contributed by atoms with Crippen molar-refractivity contribution >= 4 is 27.5 Å². The summed E-state index contributed by atoms with van der Waals surface area (Å²) in [5.41, 5.74) is 0.244. The van der Waals surface area contributed by atoms with Gasteiger partial charge < -0.3 is 5.11 Å². The van der Waals surface area contributed by atoms with E-state index in [-0.39, 0.29) is 11.1 Å². The summed E-state index contributed by atoms with van der Waals surface area (Å²) >= 11 is 9.12. The number of aryl methyl sites for hydroxylation is 1. The van der Waals surface area contributed by atoms with Crippen LogP contribution >= 0.6 is 27.5 Å². The predicted molar refractivity (Wildman–Crippen MR) is 74.3 cm³/mol. The lowest BCUT2D eigenvalue weighted by Gasteiger charge is -2.15. The number of hydrogen-bond donors (Lipinski definition) is 1. The molecule has 1 nitrogen and oxygen atoms in total. The van der Waals surface area contributed by atoms with Gasteiger partial charge in [-0.05, 0) is 52.2 Å². The molecule has 0 saturated carbocycles. The Morgan fingerprint density at radius 3 is 2.53 bits per heavy atom. The lowest BCUT2D eigenvalue weighted by molar-refractivity contribution is 0.209. The van der Waals surface area contributed by atoms with Crippen LogP contribution < -0.4 is 0 Å². The van der Waals surface area contributed by atoms with Gasteiger partial charge in [-0.15, -0.1) is 0 Å². The van der Waals surface area contributed by atoms with Gasteiger partial charge >= 0.3 is 0 Å². The normalized spacial score (nSPS) is 12.5. The topological polar surface area (TPSA) is 20.2 Å². The number of aliphatic hydroxyl groups excluding tert-OH is 1. The van der Waals surface area contributed by atoms with E-state index in [0.29, 0.717) is 15.1 Å². The van der Waals surface area contributed by atoms with Crippen LogP contribution in [0.2, 0.25) is 5.02 Å². The summed E-state index contributed by atoms with van der Waals surface area (Å²) in [5, 5.41) is 10.5. The quantitative estimate of drug-likeness (QED) is 0.829. The van der Waals surface area contributed by atoms with Gasteiger partial charge in [-0.2, -0.15) is 0 Å². The van der Waals surface area contributed by atoms with Crippen LogP contribution in [0.4, 0.5) is 8.78 Å². The highest BCUT2D eigenvalue weighted by Crippen LogP contribution is 2.32. The Morgan fingerprint density at radius 1 is 1.21 bits per heavy atom. The first-order chi connectivity index (χ1) is 8.91. The van der Waals surface area contributed by atoms with Crippen LogP contribution in [0, 0.1) is 18.6 Å². The first kappa shape index (κ1) is 14.4. The van der Waals surface area contributed by atoms with Gasteiger partial charge in [0.1, 0.15) is 17.7 Å². The zero-order valence-electron chi connectivity index (χ0n) is 9.92. The molecular formula is C14H10BrClF2O. The molecule has 19 heavy (non-hydrogen) atoms. The van der Waals surface area contributed by atoms with Crippen LogP contribution in [0.3, 0.4) is 0 Å². The van der Waals surface area contributed by atoms with E-state index >= 15 is 0 Å². The molecular weight excluding hydrogens is 338 g/mol. The van der Waals surface area contributed by atoms with Gasteiger partial charge in [0, 0.05) is 4.47 Å². The van der Waals surface area contributed by atoms with Crippen molar-refractivity contribution in [1.82, 2.24) is 0 Å². The van der Waals surface area contributed by atoms with Gasteiger partial charge in [0.25, 0.3) is 0 Å². The molecule has 1 unspecified atom stereocenters. The molecule has 0 saturated heterocycles. The third kappa shape index (κ3) is 2.81. The Hall–Kier alpha value is -0.970. The lowest BCUT2D eigenvalue weighted by Crippen LogP contribution is -2.07. The second-order valence-corrected chi connectivity index (χ2v) is 5.43.